The van der Waals surface area contributed by atoms with Crippen molar-refractivity contribution >= 4 is 17.4 Å². The van der Waals surface area contributed by atoms with E-state index in [0.717, 1.165) is 5.56 Å². The predicted octanol–water partition coefficient (Wildman–Crippen LogP) is 2.29. The molecule has 6 nitrogen and oxygen atoms in total. The Morgan fingerprint density at radius 1 is 1.00 bits per heavy atom. The lowest BCUT2D eigenvalue weighted by atomic mass is 10.0. The van der Waals surface area contributed by atoms with Crippen LogP contribution >= 0.6 is 0 Å². The van der Waals surface area contributed by atoms with E-state index in [-0.39, 0.29) is 31.5 Å². The Kier molecular flexibility index (Phi) is 6.11. The maximum atomic E-state index is 13.2. The SMILES string of the molecule is CCOc1ccc(C2=C(N(C)CCO)C(=O)N(Cc3ccccc3)C2=O)cc1. The van der Waals surface area contributed by atoms with Crippen LogP contribution in [0.1, 0.15) is 18.1 Å². The van der Waals surface area contributed by atoms with Gasteiger partial charge in [0.1, 0.15) is 11.4 Å². The lowest BCUT2D eigenvalue weighted by molar-refractivity contribution is -0.138. The minimum Gasteiger partial charge on any atom is -0.494 e. The van der Waals surface area contributed by atoms with Gasteiger partial charge in [0.15, 0.2) is 0 Å². The number of hydrogen-bond donors (Lipinski definition) is 1. The number of carbonyl (C=O) groups excluding carboxylic acids is 2. The van der Waals surface area contributed by atoms with Crippen LogP contribution in [0.15, 0.2) is 60.3 Å². The van der Waals surface area contributed by atoms with Gasteiger partial charge >= 0.3 is 0 Å². The van der Waals surface area contributed by atoms with Gasteiger partial charge in [-0.2, -0.15) is 0 Å². The number of aliphatic hydroxyl groups excluding tert-OH is 1. The van der Waals surface area contributed by atoms with Gasteiger partial charge in [-0.25, -0.2) is 0 Å². The van der Waals surface area contributed by atoms with Gasteiger partial charge in [0.2, 0.25) is 0 Å². The normalized spacial score (nSPS) is 14.0. The first-order valence-corrected chi connectivity index (χ1v) is 9.26. The van der Waals surface area contributed by atoms with E-state index in [2.05, 4.69) is 0 Å². The Bertz CT molecular complexity index is 875. The number of hydrogen-bond acceptors (Lipinski definition) is 5. The molecule has 0 aromatic heterocycles. The summed E-state index contributed by atoms with van der Waals surface area (Å²) in [5, 5.41) is 9.31. The Morgan fingerprint density at radius 2 is 1.68 bits per heavy atom. The zero-order valence-corrected chi connectivity index (χ0v) is 16.1. The smallest absolute Gasteiger partial charge is 0.278 e. The Balaban J connectivity index is 1.98. The van der Waals surface area contributed by atoms with E-state index >= 15 is 0 Å². The summed E-state index contributed by atoms with van der Waals surface area (Å²) in [7, 11) is 1.71. The lowest BCUT2D eigenvalue weighted by Gasteiger charge is -2.20. The molecule has 2 aromatic rings. The highest BCUT2D eigenvalue weighted by atomic mass is 16.5. The van der Waals surface area contributed by atoms with E-state index < -0.39 is 0 Å². The van der Waals surface area contributed by atoms with Crippen LogP contribution in [0.5, 0.6) is 5.75 Å². The molecule has 0 saturated carbocycles. The Hall–Kier alpha value is -3.12. The first-order valence-electron chi connectivity index (χ1n) is 9.26. The van der Waals surface area contributed by atoms with E-state index in [1.165, 1.54) is 4.90 Å². The van der Waals surface area contributed by atoms with Crippen LogP contribution in [-0.2, 0) is 16.1 Å². The number of rotatable bonds is 8. The number of likely N-dealkylation sites (N-methyl/N-ethyl adjacent to an activating group) is 1. The molecule has 1 aliphatic rings. The summed E-state index contributed by atoms with van der Waals surface area (Å²) in [5.41, 5.74) is 2.18. The number of ether oxygens (including phenoxy) is 1. The highest BCUT2D eigenvalue weighted by Gasteiger charge is 2.40. The second-order valence-electron chi connectivity index (χ2n) is 6.51. The molecule has 0 saturated heterocycles. The van der Waals surface area contributed by atoms with Crippen molar-refractivity contribution in [1.29, 1.82) is 0 Å². The molecule has 2 amide bonds. The molecule has 0 bridgehead atoms. The molecule has 146 valence electrons. The third-order valence-corrected chi connectivity index (χ3v) is 4.60. The topological polar surface area (TPSA) is 70.1 Å². The third-order valence-electron chi connectivity index (χ3n) is 4.60. The lowest BCUT2D eigenvalue weighted by Crippen LogP contribution is -2.34. The third kappa shape index (κ3) is 3.92. The molecule has 28 heavy (non-hydrogen) atoms. The predicted molar refractivity (Wildman–Crippen MR) is 106 cm³/mol. The molecule has 2 aromatic carbocycles. The fourth-order valence-corrected chi connectivity index (χ4v) is 3.23. The maximum Gasteiger partial charge on any atom is 0.278 e. The molecule has 1 heterocycles. The molecular formula is C22H24N2O4. The summed E-state index contributed by atoms with van der Waals surface area (Å²) in [5.74, 6) is 0.0153. The van der Waals surface area contributed by atoms with Crippen molar-refractivity contribution in [2.75, 3.05) is 26.8 Å². The van der Waals surface area contributed by atoms with Crippen molar-refractivity contribution in [2.45, 2.75) is 13.5 Å². The highest BCUT2D eigenvalue weighted by molar-refractivity contribution is 6.35. The minimum absolute atomic E-state index is 0.114. The summed E-state index contributed by atoms with van der Waals surface area (Å²) in [6.45, 7) is 2.80. The zero-order valence-electron chi connectivity index (χ0n) is 16.1. The summed E-state index contributed by atoms with van der Waals surface area (Å²) in [4.78, 5) is 29.2. The summed E-state index contributed by atoms with van der Waals surface area (Å²) >= 11 is 0. The average Bonchev–Trinajstić information content (AvgIpc) is 2.95. The molecule has 0 fully saturated rings. The summed E-state index contributed by atoms with van der Waals surface area (Å²) < 4.78 is 5.46. The molecule has 0 unspecified atom stereocenters. The van der Waals surface area contributed by atoms with Crippen molar-refractivity contribution in [1.82, 2.24) is 9.80 Å². The standard InChI is InChI=1S/C22H24N2O4/c1-3-28-18-11-9-17(10-12-18)19-20(23(2)13-14-25)22(27)24(21(19)26)15-16-7-5-4-6-8-16/h4-12,25H,3,13-15H2,1-2H3. The van der Waals surface area contributed by atoms with Crippen LogP contribution in [-0.4, -0.2) is 53.5 Å². The van der Waals surface area contributed by atoms with Gasteiger partial charge in [-0.15, -0.1) is 0 Å². The number of benzene rings is 2. The first-order chi connectivity index (χ1) is 13.6. The van der Waals surface area contributed by atoms with E-state index in [0.29, 0.717) is 29.2 Å². The monoisotopic (exact) mass is 380 g/mol. The number of imide groups is 1. The van der Waals surface area contributed by atoms with Crippen molar-refractivity contribution in [3.63, 3.8) is 0 Å². The number of aliphatic hydroxyl groups is 1. The average molecular weight is 380 g/mol. The summed E-state index contributed by atoms with van der Waals surface area (Å²) in [6.07, 6.45) is 0. The molecule has 0 atom stereocenters. The molecule has 6 heteroatoms. The van der Waals surface area contributed by atoms with Gasteiger partial charge in [-0.1, -0.05) is 42.5 Å². The molecule has 0 aliphatic carbocycles. The Morgan fingerprint density at radius 3 is 2.29 bits per heavy atom. The van der Waals surface area contributed by atoms with Crippen molar-refractivity contribution < 1.29 is 19.4 Å². The zero-order chi connectivity index (χ0) is 20.1. The van der Waals surface area contributed by atoms with Crippen molar-refractivity contribution in [3.05, 3.63) is 71.4 Å². The molecule has 0 radical (unpaired) electrons. The molecular weight excluding hydrogens is 356 g/mol. The fourth-order valence-electron chi connectivity index (χ4n) is 3.23. The molecule has 3 rings (SSSR count). The molecule has 0 spiro atoms. The van der Waals surface area contributed by atoms with Crippen LogP contribution < -0.4 is 4.74 Å². The van der Waals surface area contributed by atoms with Gasteiger partial charge in [-0.05, 0) is 30.2 Å². The fraction of sp³-hybridized carbons (Fsp3) is 0.273. The second kappa shape index (κ2) is 8.71. The van der Waals surface area contributed by atoms with Gasteiger partial charge in [0.05, 0.1) is 25.3 Å². The van der Waals surface area contributed by atoms with E-state index in [1.54, 1.807) is 36.2 Å². The molecule has 1 aliphatic heterocycles. The van der Waals surface area contributed by atoms with Gasteiger partial charge in [-0.3, -0.25) is 14.5 Å². The van der Waals surface area contributed by atoms with Crippen molar-refractivity contribution in [2.24, 2.45) is 0 Å². The van der Waals surface area contributed by atoms with Crippen LogP contribution in [0, 0.1) is 0 Å². The summed E-state index contributed by atoms with van der Waals surface area (Å²) in [6, 6.07) is 16.5. The van der Waals surface area contributed by atoms with Crippen LogP contribution in [0.3, 0.4) is 0 Å². The quantitative estimate of drug-likeness (QED) is 0.712. The van der Waals surface area contributed by atoms with Crippen molar-refractivity contribution in [3.8, 4) is 5.75 Å². The van der Waals surface area contributed by atoms with Gasteiger partial charge in [0.25, 0.3) is 11.8 Å². The van der Waals surface area contributed by atoms with E-state index in [4.69, 9.17) is 4.74 Å². The number of carbonyl (C=O) groups is 2. The van der Waals surface area contributed by atoms with Gasteiger partial charge < -0.3 is 14.7 Å². The van der Waals surface area contributed by atoms with Crippen LogP contribution in [0.25, 0.3) is 5.57 Å². The van der Waals surface area contributed by atoms with E-state index in [9.17, 15) is 14.7 Å². The number of amides is 2. The maximum absolute atomic E-state index is 13.2. The Labute approximate surface area is 164 Å². The second-order valence-corrected chi connectivity index (χ2v) is 6.51. The van der Waals surface area contributed by atoms with Crippen LogP contribution in [0.2, 0.25) is 0 Å². The largest absolute Gasteiger partial charge is 0.494 e. The van der Waals surface area contributed by atoms with Gasteiger partial charge in [0, 0.05) is 13.6 Å². The first kappa shape index (κ1) is 19.6. The number of nitrogens with zero attached hydrogens (tertiary/aromatic N) is 2. The minimum atomic E-state index is -0.353. The van der Waals surface area contributed by atoms with Crippen LogP contribution in [0.4, 0.5) is 0 Å². The molecule has 1 N–H and O–H groups in total. The van der Waals surface area contributed by atoms with E-state index in [1.807, 2.05) is 37.3 Å². The highest BCUT2D eigenvalue weighted by Crippen LogP contribution is 2.32.